The number of anilines is 1. The molecule has 1 aromatic heterocycles. The lowest BCUT2D eigenvalue weighted by atomic mass is 9.89. The Morgan fingerprint density at radius 2 is 2.11 bits per heavy atom. The molecule has 3 rings (SSSR count). The third-order valence-electron chi connectivity index (χ3n) is 5.11. The summed E-state index contributed by atoms with van der Waals surface area (Å²) in [6.45, 7) is 9.83. The van der Waals surface area contributed by atoms with Crippen LogP contribution in [-0.2, 0) is 11.3 Å². The number of benzene rings is 1. The van der Waals surface area contributed by atoms with Crippen LogP contribution in [0.2, 0.25) is 0 Å². The van der Waals surface area contributed by atoms with Gasteiger partial charge in [-0.1, -0.05) is 19.9 Å². The molecule has 2 aromatic rings. The van der Waals surface area contributed by atoms with E-state index in [4.69, 9.17) is 0 Å². The van der Waals surface area contributed by atoms with Crippen molar-refractivity contribution in [1.82, 2.24) is 20.4 Å². The second-order valence-electron chi connectivity index (χ2n) is 7.72. The normalized spacial score (nSPS) is 19.4. The highest BCUT2D eigenvalue weighted by Gasteiger charge is 2.32. The summed E-state index contributed by atoms with van der Waals surface area (Å²) in [7, 11) is 1.94. The molecule has 0 fully saturated rings. The average Bonchev–Trinajstić information content (AvgIpc) is 3.07. The van der Waals surface area contributed by atoms with Crippen molar-refractivity contribution in [2.45, 2.75) is 58.8 Å². The largest absolute Gasteiger partial charge is 0.318 e. The predicted octanol–water partition coefficient (Wildman–Crippen LogP) is 2.95. The van der Waals surface area contributed by atoms with Crippen LogP contribution in [0.1, 0.15) is 45.7 Å². The number of rotatable bonds is 6. The van der Waals surface area contributed by atoms with Gasteiger partial charge in [-0.25, -0.2) is 0 Å². The fourth-order valence-corrected chi connectivity index (χ4v) is 3.94. The van der Waals surface area contributed by atoms with E-state index in [2.05, 4.69) is 60.9 Å². The van der Waals surface area contributed by atoms with Crippen molar-refractivity contribution in [3.63, 3.8) is 0 Å². The fourth-order valence-electron chi connectivity index (χ4n) is 3.94. The lowest BCUT2D eigenvalue weighted by Gasteiger charge is -2.40. The SMILES string of the molecule is CNCCn1cc(-c2ccc3c(c2)[C@H](NC(C)C)C[C@H](C)N3C(C)=O)cn1. The van der Waals surface area contributed by atoms with Gasteiger partial charge in [0.1, 0.15) is 0 Å². The molecule has 0 spiro atoms. The molecule has 2 N–H and O–H groups in total. The number of nitrogens with zero attached hydrogens (tertiary/aromatic N) is 3. The minimum absolute atomic E-state index is 0.0967. The van der Waals surface area contributed by atoms with E-state index in [0.717, 1.165) is 36.3 Å². The van der Waals surface area contributed by atoms with Crippen LogP contribution in [-0.4, -0.2) is 41.4 Å². The lowest BCUT2D eigenvalue weighted by Crippen LogP contribution is -2.45. The zero-order valence-corrected chi connectivity index (χ0v) is 17.0. The zero-order valence-electron chi connectivity index (χ0n) is 17.0. The van der Waals surface area contributed by atoms with Crippen molar-refractivity contribution in [2.24, 2.45) is 0 Å². The van der Waals surface area contributed by atoms with E-state index < -0.39 is 0 Å². The summed E-state index contributed by atoms with van der Waals surface area (Å²) in [4.78, 5) is 14.2. The van der Waals surface area contributed by atoms with Crippen LogP contribution in [0.15, 0.2) is 30.6 Å². The second kappa shape index (κ2) is 8.23. The number of aromatic nitrogens is 2. The first-order valence-electron chi connectivity index (χ1n) is 9.78. The minimum Gasteiger partial charge on any atom is -0.318 e. The molecule has 0 radical (unpaired) electrons. The maximum Gasteiger partial charge on any atom is 0.224 e. The number of likely N-dealkylation sites (N-methyl/N-ethyl adjacent to an activating group) is 1. The van der Waals surface area contributed by atoms with Gasteiger partial charge in [0, 0.05) is 49.0 Å². The Labute approximate surface area is 161 Å². The number of hydrogen-bond acceptors (Lipinski definition) is 4. The van der Waals surface area contributed by atoms with Gasteiger partial charge in [-0.3, -0.25) is 9.48 Å². The van der Waals surface area contributed by atoms with Crippen molar-refractivity contribution < 1.29 is 4.79 Å². The van der Waals surface area contributed by atoms with Crippen LogP contribution in [0.5, 0.6) is 0 Å². The van der Waals surface area contributed by atoms with Crippen LogP contribution in [0.25, 0.3) is 11.1 Å². The standard InChI is InChI=1S/C21H31N5O/c1-14(2)24-20-10-15(3)26(16(4)27)21-7-6-17(11-19(20)21)18-12-23-25(13-18)9-8-22-5/h6-7,11-15,20,22,24H,8-10H2,1-5H3/t15-,20+/m0/s1. The number of carbonyl (C=O) groups is 1. The molecule has 6 nitrogen and oxygen atoms in total. The van der Waals surface area contributed by atoms with Gasteiger partial charge in [-0.05, 0) is 43.7 Å². The van der Waals surface area contributed by atoms with E-state index >= 15 is 0 Å². The molecular weight excluding hydrogens is 338 g/mol. The maximum atomic E-state index is 12.2. The van der Waals surface area contributed by atoms with E-state index in [-0.39, 0.29) is 18.0 Å². The van der Waals surface area contributed by atoms with Gasteiger partial charge in [0.25, 0.3) is 0 Å². The average molecular weight is 370 g/mol. The topological polar surface area (TPSA) is 62.2 Å². The van der Waals surface area contributed by atoms with Crippen LogP contribution >= 0.6 is 0 Å². The molecule has 0 saturated heterocycles. The van der Waals surface area contributed by atoms with Crippen LogP contribution < -0.4 is 15.5 Å². The molecular formula is C21H31N5O. The Balaban J connectivity index is 1.98. The van der Waals surface area contributed by atoms with E-state index in [9.17, 15) is 4.79 Å². The maximum absolute atomic E-state index is 12.2. The number of nitrogens with one attached hydrogen (secondary N) is 2. The quantitative estimate of drug-likeness (QED) is 0.822. The Kier molecular flexibility index (Phi) is 5.97. The first-order chi connectivity index (χ1) is 12.9. The molecule has 1 amide bonds. The highest BCUT2D eigenvalue weighted by atomic mass is 16.2. The third kappa shape index (κ3) is 4.22. The summed E-state index contributed by atoms with van der Waals surface area (Å²) in [5.41, 5.74) is 4.45. The van der Waals surface area contributed by atoms with Crippen LogP contribution in [0.3, 0.4) is 0 Å². The predicted molar refractivity (Wildman–Crippen MR) is 110 cm³/mol. The molecule has 27 heavy (non-hydrogen) atoms. The molecule has 6 heteroatoms. The zero-order chi connectivity index (χ0) is 19.6. The van der Waals surface area contributed by atoms with Crippen molar-refractivity contribution in [3.8, 4) is 11.1 Å². The number of fused-ring (bicyclic) bond motifs is 1. The van der Waals surface area contributed by atoms with E-state index in [1.165, 1.54) is 5.56 Å². The van der Waals surface area contributed by atoms with Crippen LogP contribution in [0.4, 0.5) is 5.69 Å². The summed E-state index contributed by atoms with van der Waals surface area (Å²) >= 11 is 0. The number of hydrogen-bond donors (Lipinski definition) is 2. The molecule has 0 unspecified atom stereocenters. The molecule has 0 bridgehead atoms. The molecule has 1 aliphatic heterocycles. The number of carbonyl (C=O) groups excluding carboxylic acids is 1. The fraction of sp³-hybridized carbons (Fsp3) is 0.524. The van der Waals surface area contributed by atoms with E-state index in [1.807, 2.05) is 22.8 Å². The van der Waals surface area contributed by atoms with E-state index in [0.29, 0.717) is 6.04 Å². The first-order valence-corrected chi connectivity index (χ1v) is 9.78. The van der Waals surface area contributed by atoms with Gasteiger partial charge in [0.15, 0.2) is 0 Å². The second-order valence-corrected chi connectivity index (χ2v) is 7.72. The summed E-state index contributed by atoms with van der Waals surface area (Å²) in [6.07, 6.45) is 4.91. The molecule has 1 aromatic carbocycles. The Bertz CT molecular complexity index is 798. The molecule has 2 heterocycles. The van der Waals surface area contributed by atoms with Gasteiger partial charge < -0.3 is 15.5 Å². The first kappa shape index (κ1) is 19.6. The lowest BCUT2D eigenvalue weighted by molar-refractivity contribution is -0.117. The number of amides is 1. The van der Waals surface area contributed by atoms with Crippen molar-refractivity contribution in [3.05, 3.63) is 36.2 Å². The summed E-state index contributed by atoms with van der Waals surface area (Å²) in [5, 5.41) is 11.3. The Morgan fingerprint density at radius 3 is 2.78 bits per heavy atom. The summed E-state index contributed by atoms with van der Waals surface area (Å²) in [5.74, 6) is 0.0967. The molecule has 0 aliphatic carbocycles. The molecule has 0 saturated carbocycles. The highest BCUT2D eigenvalue weighted by Crippen LogP contribution is 2.39. The van der Waals surface area contributed by atoms with E-state index in [1.54, 1.807) is 6.92 Å². The smallest absolute Gasteiger partial charge is 0.224 e. The molecule has 2 atom stereocenters. The van der Waals surface area contributed by atoms with Crippen molar-refractivity contribution in [1.29, 1.82) is 0 Å². The monoisotopic (exact) mass is 369 g/mol. The van der Waals surface area contributed by atoms with Crippen molar-refractivity contribution >= 4 is 11.6 Å². The van der Waals surface area contributed by atoms with Gasteiger partial charge in [-0.15, -0.1) is 0 Å². The van der Waals surface area contributed by atoms with Gasteiger partial charge in [0.05, 0.1) is 12.7 Å². The minimum atomic E-state index is 0.0967. The molecule has 1 aliphatic rings. The van der Waals surface area contributed by atoms with Gasteiger partial charge in [-0.2, -0.15) is 5.10 Å². The highest BCUT2D eigenvalue weighted by molar-refractivity contribution is 5.94. The van der Waals surface area contributed by atoms with Gasteiger partial charge in [0.2, 0.25) is 5.91 Å². The summed E-state index contributed by atoms with van der Waals surface area (Å²) < 4.78 is 1.96. The van der Waals surface area contributed by atoms with Gasteiger partial charge >= 0.3 is 0 Å². The third-order valence-corrected chi connectivity index (χ3v) is 5.11. The van der Waals surface area contributed by atoms with Crippen molar-refractivity contribution in [2.75, 3.05) is 18.5 Å². The summed E-state index contributed by atoms with van der Waals surface area (Å²) in [6, 6.07) is 7.20. The Hall–Kier alpha value is -2.18. The molecule has 146 valence electrons. The van der Waals surface area contributed by atoms with Crippen LogP contribution in [0, 0.1) is 0 Å². The Morgan fingerprint density at radius 1 is 1.33 bits per heavy atom.